The lowest BCUT2D eigenvalue weighted by molar-refractivity contribution is 0.218. The van der Waals surface area contributed by atoms with Crippen molar-refractivity contribution in [2.24, 2.45) is 0 Å². The molecule has 0 radical (unpaired) electrons. The van der Waals surface area contributed by atoms with Gasteiger partial charge in [0.05, 0.1) is 0 Å². The normalized spacial score (nSPS) is 9.76. The Hall–Kier alpha value is -2.32. The van der Waals surface area contributed by atoms with Gasteiger partial charge in [-0.05, 0) is 0 Å². The zero-order chi connectivity index (χ0) is 12.8. The fourth-order valence-electron chi connectivity index (χ4n) is 0.976. The zero-order valence-corrected chi connectivity index (χ0v) is 9.53. The van der Waals surface area contributed by atoms with E-state index in [0.717, 1.165) is 0 Å². The molecule has 0 fully saturated rings. The third-order valence-electron chi connectivity index (χ3n) is 1.81. The number of anilines is 1. The van der Waals surface area contributed by atoms with Crippen molar-refractivity contribution in [3.05, 3.63) is 20.8 Å². The van der Waals surface area contributed by atoms with E-state index in [1.165, 1.54) is 4.90 Å². The lowest BCUT2D eigenvalue weighted by Crippen LogP contribution is -2.37. The van der Waals surface area contributed by atoms with Crippen molar-refractivity contribution < 1.29 is 4.79 Å². The molecule has 0 aliphatic carbocycles. The van der Waals surface area contributed by atoms with E-state index in [0.29, 0.717) is 13.1 Å². The Bertz CT molecular complexity index is 491. The molecular weight excluding hydrogens is 228 g/mol. The van der Waals surface area contributed by atoms with Crippen molar-refractivity contribution in [1.29, 1.82) is 0 Å². The molecule has 1 heterocycles. The fourth-order valence-corrected chi connectivity index (χ4v) is 0.976. The second-order valence-corrected chi connectivity index (χ2v) is 3.41. The standard InChI is InChI=1S/C8H14N6O3/c1-14(2)8(17)10-4-3-9-5-6(15)11-7(16)13-12-5/h3-4H2,1-2H3,(H,9,12)(H,10,17)(H2,11,13,15,16). The number of aromatic nitrogens is 3. The number of nitrogens with one attached hydrogen (secondary N) is 4. The minimum atomic E-state index is -0.665. The molecule has 9 heteroatoms. The molecule has 1 aromatic rings. The van der Waals surface area contributed by atoms with Gasteiger partial charge >= 0.3 is 11.7 Å². The van der Waals surface area contributed by atoms with E-state index in [4.69, 9.17) is 0 Å². The van der Waals surface area contributed by atoms with E-state index in [-0.39, 0.29) is 11.8 Å². The summed E-state index contributed by atoms with van der Waals surface area (Å²) in [6.07, 6.45) is 0. The van der Waals surface area contributed by atoms with Crippen LogP contribution in [0.4, 0.5) is 10.6 Å². The first-order valence-electron chi connectivity index (χ1n) is 4.88. The molecule has 0 aromatic carbocycles. The zero-order valence-electron chi connectivity index (χ0n) is 9.53. The third kappa shape index (κ3) is 3.97. The molecule has 0 atom stereocenters. The largest absolute Gasteiger partial charge is 0.362 e. The van der Waals surface area contributed by atoms with E-state index >= 15 is 0 Å². The van der Waals surface area contributed by atoms with Crippen LogP contribution in [0.1, 0.15) is 0 Å². The predicted molar refractivity (Wildman–Crippen MR) is 61.1 cm³/mol. The molecule has 0 spiro atoms. The molecule has 9 nitrogen and oxygen atoms in total. The minimum absolute atomic E-state index is 0.00343. The lowest BCUT2D eigenvalue weighted by atomic mass is 10.5. The Balaban J connectivity index is 2.39. The van der Waals surface area contributed by atoms with Crippen molar-refractivity contribution in [2.45, 2.75) is 0 Å². The van der Waals surface area contributed by atoms with Crippen LogP contribution >= 0.6 is 0 Å². The van der Waals surface area contributed by atoms with E-state index < -0.39 is 11.2 Å². The fraction of sp³-hybridized carbons (Fsp3) is 0.500. The smallest absolute Gasteiger partial charge is 0.342 e. The summed E-state index contributed by atoms with van der Waals surface area (Å²) in [6, 6.07) is -0.227. The van der Waals surface area contributed by atoms with Crippen LogP contribution in [0.15, 0.2) is 9.59 Å². The monoisotopic (exact) mass is 242 g/mol. The van der Waals surface area contributed by atoms with Crippen LogP contribution < -0.4 is 21.9 Å². The van der Waals surface area contributed by atoms with E-state index in [2.05, 4.69) is 20.8 Å². The molecule has 4 N–H and O–H groups in total. The summed E-state index contributed by atoms with van der Waals surface area (Å²) >= 11 is 0. The second-order valence-electron chi connectivity index (χ2n) is 3.41. The SMILES string of the molecule is CN(C)C(=O)NCCNc1n[nH]c(=O)[nH]c1=O. The van der Waals surface area contributed by atoms with Crippen LogP contribution in [-0.2, 0) is 0 Å². The summed E-state index contributed by atoms with van der Waals surface area (Å²) in [6.45, 7) is 0.652. The topological polar surface area (TPSA) is 123 Å². The molecule has 94 valence electrons. The first-order chi connectivity index (χ1) is 8.00. The summed E-state index contributed by atoms with van der Waals surface area (Å²) in [5.41, 5.74) is -1.27. The molecule has 17 heavy (non-hydrogen) atoms. The van der Waals surface area contributed by atoms with Crippen LogP contribution in [0.3, 0.4) is 0 Å². The van der Waals surface area contributed by atoms with E-state index in [1.54, 1.807) is 14.1 Å². The maximum atomic E-state index is 11.2. The molecule has 1 aromatic heterocycles. The van der Waals surface area contributed by atoms with Gasteiger partial charge in [0.2, 0.25) is 5.82 Å². The van der Waals surface area contributed by atoms with Gasteiger partial charge in [-0.2, -0.15) is 0 Å². The molecule has 0 saturated carbocycles. The van der Waals surface area contributed by atoms with Gasteiger partial charge in [0.25, 0.3) is 5.56 Å². The molecule has 0 aliphatic rings. The summed E-state index contributed by atoms with van der Waals surface area (Å²) in [5, 5.41) is 10.9. The quantitative estimate of drug-likeness (QED) is 0.461. The Morgan fingerprint density at radius 3 is 2.65 bits per heavy atom. The maximum Gasteiger partial charge on any atom is 0.342 e. The van der Waals surface area contributed by atoms with Gasteiger partial charge in [-0.1, -0.05) is 0 Å². The predicted octanol–water partition coefficient (Wildman–Crippen LogP) is -1.86. The lowest BCUT2D eigenvalue weighted by Gasteiger charge is -2.11. The van der Waals surface area contributed by atoms with Crippen molar-refractivity contribution in [3.8, 4) is 0 Å². The number of nitrogens with zero attached hydrogens (tertiary/aromatic N) is 2. The summed E-state index contributed by atoms with van der Waals surface area (Å²) in [7, 11) is 3.24. The molecule has 0 bridgehead atoms. The van der Waals surface area contributed by atoms with Crippen LogP contribution in [0.25, 0.3) is 0 Å². The first-order valence-corrected chi connectivity index (χ1v) is 4.88. The van der Waals surface area contributed by atoms with Gasteiger partial charge in [0, 0.05) is 27.2 Å². The number of rotatable bonds is 4. The molecular formula is C8H14N6O3. The summed E-state index contributed by atoms with van der Waals surface area (Å²) < 4.78 is 0. The number of amides is 2. The van der Waals surface area contributed by atoms with Crippen molar-refractivity contribution in [3.63, 3.8) is 0 Å². The molecule has 0 saturated heterocycles. The van der Waals surface area contributed by atoms with E-state index in [9.17, 15) is 14.4 Å². The average Bonchev–Trinajstić information content (AvgIpc) is 2.26. The van der Waals surface area contributed by atoms with Gasteiger partial charge in [-0.3, -0.25) is 9.78 Å². The highest BCUT2D eigenvalue weighted by molar-refractivity contribution is 5.73. The highest BCUT2D eigenvalue weighted by atomic mass is 16.2. The second kappa shape index (κ2) is 5.68. The van der Waals surface area contributed by atoms with Gasteiger partial charge in [0.1, 0.15) is 0 Å². The molecule has 1 rings (SSSR count). The number of H-pyrrole nitrogens is 2. The third-order valence-corrected chi connectivity index (χ3v) is 1.81. The van der Waals surface area contributed by atoms with Crippen LogP contribution in [0.2, 0.25) is 0 Å². The number of carbonyl (C=O) groups excluding carboxylic acids is 1. The van der Waals surface area contributed by atoms with E-state index in [1.807, 2.05) is 4.98 Å². The molecule has 2 amide bonds. The number of aromatic amines is 2. The number of urea groups is 1. The van der Waals surface area contributed by atoms with Gasteiger partial charge in [-0.15, -0.1) is 5.10 Å². The van der Waals surface area contributed by atoms with Gasteiger partial charge < -0.3 is 15.5 Å². The number of hydrogen-bond acceptors (Lipinski definition) is 5. The number of hydrogen-bond donors (Lipinski definition) is 4. The van der Waals surface area contributed by atoms with Crippen LogP contribution in [0, 0.1) is 0 Å². The van der Waals surface area contributed by atoms with Crippen LogP contribution in [0.5, 0.6) is 0 Å². The summed E-state index contributed by atoms with van der Waals surface area (Å²) in [4.78, 5) is 36.4. The molecule has 0 aliphatic heterocycles. The summed E-state index contributed by atoms with van der Waals surface area (Å²) in [5.74, 6) is 0.00343. The Morgan fingerprint density at radius 2 is 2.06 bits per heavy atom. The van der Waals surface area contributed by atoms with Crippen LogP contribution in [-0.4, -0.2) is 53.3 Å². The minimum Gasteiger partial charge on any atom is -0.362 e. The maximum absolute atomic E-state index is 11.2. The Kier molecular flexibility index (Phi) is 4.26. The van der Waals surface area contributed by atoms with Gasteiger partial charge in [-0.25, -0.2) is 14.7 Å². The highest BCUT2D eigenvalue weighted by Gasteiger charge is 2.03. The van der Waals surface area contributed by atoms with Crippen molar-refractivity contribution in [2.75, 3.05) is 32.5 Å². The van der Waals surface area contributed by atoms with Gasteiger partial charge in [0.15, 0.2) is 0 Å². The average molecular weight is 242 g/mol. The molecule has 0 unspecified atom stereocenters. The number of carbonyl (C=O) groups is 1. The Labute approximate surface area is 96.2 Å². The first kappa shape index (κ1) is 12.7. The van der Waals surface area contributed by atoms with Crippen molar-refractivity contribution in [1.82, 2.24) is 25.4 Å². The Morgan fingerprint density at radius 1 is 1.35 bits per heavy atom. The van der Waals surface area contributed by atoms with Crippen molar-refractivity contribution >= 4 is 11.8 Å². The highest BCUT2D eigenvalue weighted by Crippen LogP contribution is 1.84.